The standard InChI is InChI=1S/C11H9Cl2N3O3S/c1-16-10(11(18)19-15-16)20-5-9(17)14-8-4-6(12)2-3-7(8)13/h2-4H,5H2,1H3,(H-,14,15,17,18)/p+1. The molecule has 1 amide bonds. The Hall–Kier alpha value is -1.44. The maximum Gasteiger partial charge on any atom is 0.441 e. The molecule has 6 nitrogen and oxygen atoms in total. The van der Waals surface area contributed by atoms with Crippen LogP contribution in [-0.4, -0.2) is 16.9 Å². The molecular formula is C11H10Cl2N3O3S+. The van der Waals surface area contributed by atoms with E-state index in [1.807, 2.05) is 0 Å². The molecule has 9 heteroatoms. The first kappa shape index (κ1) is 15.0. The van der Waals surface area contributed by atoms with Crippen molar-refractivity contribution in [2.24, 2.45) is 7.05 Å². The second-order valence-corrected chi connectivity index (χ2v) is 5.61. The summed E-state index contributed by atoms with van der Waals surface area (Å²) in [6.45, 7) is 0. The minimum Gasteiger partial charge on any atom is -0.324 e. The van der Waals surface area contributed by atoms with Crippen molar-refractivity contribution in [1.29, 1.82) is 0 Å². The lowest BCUT2D eigenvalue weighted by Crippen LogP contribution is -2.34. The number of amides is 1. The molecule has 0 aliphatic heterocycles. The SMILES string of the molecule is C[n+]1[nH]oc(=O)c1SCC(=O)Nc1cc(Cl)ccc1Cl. The number of aromatic nitrogens is 2. The lowest BCUT2D eigenvalue weighted by molar-refractivity contribution is -0.772. The van der Waals surface area contributed by atoms with Crippen molar-refractivity contribution in [3.8, 4) is 0 Å². The van der Waals surface area contributed by atoms with Crippen LogP contribution in [0.2, 0.25) is 10.0 Å². The van der Waals surface area contributed by atoms with Crippen molar-refractivity contribution in [3.05, 3.63) is 38.7 Å². The maximum atomic E-state index is 11.8. The number of aromatic amines is 1. The highest BCUT2D eigenvalue weighted by atomic mass is 35.5. The lowest BCUT2D eigenvalue weighted by atomic mass is 10.3. The van der Waals surface area contributed by atoms with Crippen LogP contribution < -0.4 is 15.6 Å². The number of rotatable bonds is 4. The van der Waals surface area contributed by atoms with E-state index >= 15 is 0 Å². The number of carbonyl (C=O) groups is 1. The molecule has 0 saturated carbocycles. The monoisotopic (exact) mass is 334 g/mol. The molecular weight excluding hydrogens is 325 g/mol. The number of carbonyl (C=O) groups excluding carboxylic acids is 1. The van der Waals surface area contributed by atoms with Crippen molar-refractivity contribution in [2.45, 2.75) is 5.03 Å². The van der Waals surface area contributed by atoms with Crippen molar-refractivity contribution in [1.82, 2.24) is 5.27 Å². The molecule has 0 fully saturated rings. The Labute approximate surface area is 128 Å². The molecule has 0 saturated heterocycles. The summed E-state index contributed by atoms with van der Waals surface area (Å²) >= 11 is 12.8. The Kier molecular flexibility index (Phi) is 4.74. The van der Waals surface area contributed by atoms with E-state index in [9.17, 15) is 9.59 Å². The van der Waals surface area contributed by atoms with Crippen LogP contribution in [0.25, 0.3) is 0 Å². The molecule has 2 N–H and O–H groups in total. The van der Waals surface area contributed by atoms with Crippen LogP contribution >= 0.6 is 35.0 Å². The van der Waals surface area contributed by atoms with E-state index in [2.05, 4.69) is 15.1 Å². The number of benzene rings is 1. The van der Waals surface area contributed by atoms with Crippen LogP contribution in [0.15, 0.2) is 32.5 Å². The molecule has 1 aromatic carbocycles. The smallest absolute Gasteiger partial charge is 0.324 e. The van der Waals surface area contributed by atoms with Gasteiger partial charge in [-0.15, -0.1) is 0 Å². The second kappa shape index (κ2) is 6.34. The van der Waals surface area contributed by atoms with Crippen LogP contribution in [0.4, 0.5) is 5.69 Å². The molecule has 0 radical (unpaired) electrons. The summed E-state index contributed by atoms with van der Waals surface area (Å²) in [5.41, 5.74) is -0.0960. The quantitative estimate of drug-likeness (QED) is 0.660. The molecule has 0 spiro atoms. The third-order valence-electron chi connectivity index (χ3n) is 2.30. The fraction of sp³-hybridized carbons (Fsp3) is 0.182. The van der Waals surface area contributed by atoms with Crippen LogP contribution in [0.5, 0.6) is 0 Å². The maximum absolute atomic E-state index is 11.8. The van der Waals surface area contributed by atoms with Gasteiger partial charge in [-0.2, -0.15) is 0 Å². The highest BCUT2D eigenvalue weighted by Gasteiger charge is 2.19. The van der Waals surface area contributed by atoms with Gasteiger partial charge < -0.3 is 5.32 Å². The van der Waals surface area contributed by atoms with E-state index in [0.29, 0.717) is 20.8 Å². The first-order valence-corrected chi connectivity index (χ1v) is 7.16. The zero-order chi connectivity index (χ0) is 14.7. The predicted octanol–water partition coefficient (Wildman–Crippen LogP) is 1.83. The third kappa shape index (κ3) is 3.56. The summed E-state index contributed by atoms with van der Waals surface area (Å²) < 4.78 is 5.97. The molecule has 0 bridgehead atoms. The fourth-order valence-corrected chi connectivity index (χ4v) is 2.47. The number of thioether (sulfide) groups is 1. The molecule has 1 heterocycles. The second-order valence-electron chi connectivity index (χ2n) is 3.81. The van der Waals surface area contributed by atoms with Gasteiger partial charge in [0.15, 0.2) is 7.05 Å². The number of H-pyrrole nitrogens is 1. The third-order valence-corrected chi connectivity index (χ3v) is 3.98. The summed E-state index contributed by atoms with van der Waals surface area (Å²) in [5.74, 6) is -0.265. The van der Waals surface area contributed by atoms with Gasteiger partial charge in [0.25, 0.3) is 0 Å². The van der Waals surface area contributed by atoms with Gasteiger partial charge in [-0.1, -0.05) is 27.9 Å². The molecule has 2 aromatic rings. The Bertz CT molecular complexity index is 698. The summed E-state index contributed by atoms with van der Waals surface area (Å²) in [5, 5.41) is 6.15. The molecule has 0 atom stereocenters. The van der Waals surface area contributed by atoms with Gasteiger partial charge in [0.1, 0.15) is 0 Å². The van der Waals surface area contributed by atoms with Crippen molar-refractivity contribution in [2.75, 3.05) is 11.1 Å². The lowest BCUT2D eigenvalue weighted by Gasteiger charge is -2.06. The molecule has 0 unspecified atom stereocenters. The number of nitrogens with zero attached hydrogens (tertiary/aromatic N) is 1. The highest BCUT2D eigenvalue weighted by molar-refractivity contribution is 7.99. The van der Waals surface area contributed by atoms with Gasteiger partial charge in [0, 0.05) is 5.02 Å². The summed E-state index contributed by atoms with van der Waals surface area (Å²) in [7, 11) is 1.61. The number of aryl methyl sites for hydroxylation is 1. The Morgan fingerprint density at radius 1 is 1.50 bits per heavy atom. The minimum atomic E-state index is -0.522. The average Bonchev–Trinajstić information content (AvgIpc) is 2.71. The van der Waals surface area contributed by atoms with Crippen LogP contribution in [-0.2, 0) is 11.8 Å². The van der Waals surface area contributed by atoms with Gasteiger partial charge in [-0.3, -0.25) is 9.32 Å². The van der Waals surface area contributed by atoms with Crippen LogP contribution in [0, 0.1) is 0 Å². The Morgan fingerprint density at radius 3 is 2.90 bits per heavy atom. The van der Waals surface area contributed by atoms with E-state index in [1.54, 1.807) is 25.2 Å². The topological polar surface area (TPSA) is 79.0 Å². The van der Waals surface area contributed by atoms with E-state index in [0.717, 1.165) is 11.8 Å². The van der Waals surface area contributed by atoms with Crippen molar-refractivity contribution >= 4 is 46.6 Å². The van der Waals surface area contributed by atoms with E-state index in [1.165, 1.54) is 4.68 Å². The van der Waals surface area contributed by atoms with Crippen LogP contribution in [0.1, 0.15) is 0 Å². The van der Waals surface area contributed by atoms with Crippen molar-refractivity contribution < 1.29 is 14.0 Å². The summed E-state index contributed by atoms with van der Waals surface area (Å²) in [4.78, 5) is 23.1. The summed E-state index contributed by atoms with van der Waals surface area (Å²) in [6.07, 6.45) is 0. The first-order chi connectivity index (χ1) is 9.47. The first-order valence-electron chi connectivity index (χ1n) is 5.42. The number of hydrogen-bond acceptors (Lipinski definition) is 4. The van der Waals surface area contributed by atoms with Gasteiger partial charge in [0.2, 0.25) is 5.91 Å². The molecule has 0 aliphatic carbocycles. The van der Waals surface area contributed by atoms with E-state index in [-0.39, 0.29) is 11.7 Å². The average molecular weight is 335 g/mol. The number of nitrogens with one attached hydrogen (secondary N) is 2. The highest BCUT2D eigenvalue weighted by Crippen LogP contribution is 2.25. The van der Waals surface area contributed by atoms with Gasteiger partial charge in [-0.05, 0) is 35.2 Å². The molecule has 1 aromatic heterocycles. The Morgan fingerprint density at radius 2 is 2.25 bits per heavy atom. The Balaban J connectivity index is 2.00. The molecule has 20 heavy (non-hydrogen) atoms. The van der Waals surface area contributed by atoms with Gasteiger partial charge in [0.05, 0.1) is 16.5 Å². The largest absolute Gasteiger partial charge is 0.441 e. The fourth-order valence-electron chi connectivity index (χ4n) is 1.40. The number of hydrogen-bond donors (Lipinski definition) is 2. The zero-order valence-electron chi connectivity index (χ0n) is 10.3. The van der Waals surface area contributed by atoms with Crippen molar-refractivity contribution in [3.63, 3.8) is 0 Å². The van der Waals surface area contributed by atoms with E-state index in [4.69, 9.17) is 23.2 Å². The number of halogens is 2. The van der Waals surface area contributed by atoms with E-state index < -0.39 is 5.63 Å². The molecule has 106 valence electrons. The number of anilines is 1. The molecule has 2 rings (SSSR count). The van der Waals surface area contributed by atoms with Gasteiger partial charge in [-0.25, -0.2) is 4.79 Å². The predicted molar refractivity (Wildman–Crippen MR) is 76.3 cm³/mol. The van der Waals surface area contributed by atoms with Gasteiger partial charge >= 0.3 is 10.7 Å². The summed E-state index contributed by atoms with van der Waals surface area (Å²) in [6, 6.07) is 4.77. The minimum absolute atomic E-state index is 0.0410. The zero-order valence-corrected chi connectivity index (χ0v) is 12.6. The molecule has 0 aliphatic rings. The normalized spacial score (nSPS) is 10.6. The van der Waals surface area contributed by atoms with Crippen LogP contribution in [0.3, 0.4) is 0 Å².